The minimum absolute atomic E-state index is 0.0830. The van der Waals surface area contributed by atoms with E-state index in [2.05, 4.69) is 12.2 Å². The summed E-state index contributed by atoms with van der Waals surface area (Å²) in [5.41, 5.74) is 0.565. The second kappa shape index (κ2) is 8.49. The molecule has 0 spiro atoms. The zero-order valence-electron chi connectivity index (χ0n) is 16.4. The molecule has 1 aromatic rings. The quantitative estimate of drug-likeness (QED) is 0.836. The van der Waals surface area contributed by atoms with E-state index in [-0.39, 0.29) is 35.9 Å². The third-order valence-corrected chi connectivity index (χ3v) is 7.70. The fourth-order valence-corrected chi connectivity index (χ4v) is 5.87. The Labute approximate surface area is 167 Å². The van der Waals surface area contributed by atoms with Crippen LogP contribution in [0.5, 0.6) is 0 Å². The smallest absolute Gasteiger partial charge is 0.319 e. The molecule has 0 aromatic heterocycles. The summed E-state index contributed by atoms with van der Waals surface area (Å²) in [5, 5.41) is 8.70. The highest BCUT2D eigenvalue weighted by atomic mass is 32.2. The normalized spacial score (nSPS) is 25.0. The SMILES string of the molecule is CN(C)C(=O)N1C[C@@H](C2C=CC=CC2)C[C@@H](S(=O)(=O)c2cccc(CO)c2)C1. The van der Waals surface area contributed by atoms with Gasteiger partial charge in [0.1, 0.15) is 0 Å². The van der Waals surface area contributed by atoms with E-state index < -0.39 is 15.1 Å². The lowest BCUT2D eigenvalue weighted by atomic mass is 9.81. The van der Waals surface area contributed by atoms with Crippen molar-refractivity contribution < 1.29 is 18.3 Å². The van der Waals surface area contributed by atoms with E-state index >= 15 is 0 Å². The van der Waals surface area contributed by atoms with Gasteiger partial charge in [-0.3, -0.25) is 0 Å². The number of likely N-dealkylation sites (tertiary alicyclic amines) is 1. The molecule has 152 valence electrons. The number of carbonyl (C=O) groups is 1. The van der Waals surface area contributed by atoms with Crippen LogP contribution in [0.25, 0.3) is 0 Å². The van der Waals surface area contributed by atoms with E-state index in [0.29, 0.717) is 18.5 Å². The molecule has 7 heteroatoms. The molecule has 1 aliphatic carbocycles. The Morgan fingerprint density at radius 3 is 2.68 bits per heavy atom. The minimum atomic E-state index is -3.62. The van der Waals surface area contributed by atoms with Crippen molar-refractivity contribution in [3.05, 3.63) is 54.1 Å². The summed E-state index contributed by atoms with van der Waals surface area (Å²) >= 11 is 0. The highest BCUT2D eigenvalue weighted by Crippen LogP contribution is 2.34. The molecule has 1 unspecified atom stereocenters. The molecule has 28 heavy (non-hydrogen) atoms. The third-order valence-electron chi connectivity index (χ3n) is 5.57. The van der Waals surface area contributed by atoms with Crippen molar-refractivity contribution in [1.29, 1.82) is 0 Å². The average molecular weight is 405 g/mol. The number of aliphatic hydroxyl groups excluding tert-OH is 1. The molecular formula is C21H28N2O4S. The molecule has 1 aliphatic heterocycles. The monoisotopic (exact) mass is 404 g/mol. The summed E-state index contributed by atoms with van der Waals surface area (Å²) in [7, 11) is -0.256. The fourth-order valence-electron chi connectivity index (χ4n) is 4.03. The first-order chi connectivity index (χ1) is 13.3. The number of piperidine rings is 1. The lowest BCUT2D eigenvalue weighted by molar-refractivity contribution is 0.132. The number of nitrogens with zero attached hydrogens (tertiary/aromatic N) is 2. The number of carbonyl (C=O) groups excluding carboxylic acids is 1. The number of amides is 2. The van der Waals surface area contributed by atoms with Gasteiger partial charge in [0.15, 0.2) is 9.84 Å². The Hall–Kier alpha value is -2.12. The molecule has 0 bridgehead atoms. The van der Waals surface area contributed by atoms with Gasteiger partial charge in [0.2, 0.25) is 0 Å². The van der Waals surface area contributed by atoms with Crippen LogP contribution in [0, 0.1) is 11.8 Å². The van der Waals surface area contributed by atoms with Gasteiger partial charge in [0.25, 0.3) is 0 Å². The molecule has 0 radical (unpaired) electrons. The molecule has 0 saturated carbocycles. The van der Waals surface area contributed by atoms with Crippen LogP contribution in [0.1, 0.15) is 18.4 Å². The molecule has 3 atom stereocenters. The summed E-state index contributed by atoms with van der Waals surface area (Å²) in [6, 6.07) is 6.28. The van der Waals surface area contributed by atoms with Crippen molar-refractivity contribution in [3.63, 3.8) is 0 Å². The molecule has 2 amide bonds. The number of hydrogen-bond donors (Lipinski definition) is 1. The average Bonchev–Trinajstić information content (AvgIpc) is 2.73. The van der Waals surface area contributed by atoms with E-state index in [4.69, 9.17) is 0 Å². The van der Waals surface area contributed by atoms with Gasteiger partial charge in [-0.2, -0.15) is 0 Å². The molecule has 1 fully saturated rings. The molecular weight excluding hydrogens is 376 g/mol. The minimum Gasteiger partial charge on any atom is -0.392 e. The van der Waals surface area contributed by atoms with Crippen LogP contribution in [-0.2, 0) is 16.4 Å². The second-order valence-corrected chi connectivity index (χ2v) is 9.99. The van der Waals surface area contributed by atoms with Crippen molar-refractivity contribution in [3.8, 4) is 0 Å². The second-order valence-electron chi connectivity index (χ2n) is 7.76. The first-order valence-electron chi connectivity index (χ1n) is 9.56. The first-order valence-corrected chi connectivity index (χ1v) is 11.1. The van der Waals surface area contributed by atoms with Crippen LogP contribution in [0.2, 0.25) is 0 Å². The van der Waals surface area contributed by atoms with Gasteiger partial charge >= 0.3 is 6.03 Å². The standard InChI is InChI=1S/C21H28N2O4S/c1-22(2)21(25)23-13-18(17-8-4-3-5-9-17)12-20(14-23)28(26,27)19-10-6-7-16(11-19)15-24/h3-8,10-11,17-18,20,24H,9,12-15H2,1-2H3/t17?,18-,20+/m0/s1. The number of urea groups is 1. The number of hydrogen-bond acceptors (Lipinski definition) is 4. The topological polar surface area (TPSA) is 77.9 Å². The van der Waals surface area contributed by atoms with E-state index in [1.807, 2.05) is 12.2 Å². The van der Waals surface area contributed by atoms with Gasteiger partial charge in [0.05, 0.1) is 16.8 Å². The highest BCUT2D eigenvalue weighted by Gasteiger charge is 2.40. The largest absolute Gasteiger partial charge is 0.392 e. The fraction of sp³-hybridized carbons (Fsp3) is 0.476. The van der Waals surface area contributed by atoms with Gasteiger partial charge in [-0.25, -0.2) is 13.2 Å². The Morgan fingerprint density at radius 1 is 1.25 bits per heavy atom. The highest BCUT2D eigenvalue weighted by molar-refractivity contribution is 7.92. The Kier molecular flexibility index (Phi) is 6.25. The maximum absolute atomic E-state index is 13.4. The van der Waals surface area contributed by atoms with Crippen LogP contribution in [0.15, 0.2) is 53.5 Å². The van der Waals surface area contributed by atoms with E-state index in [1.165, 1.54) is 11.0 Å². The molecule has 2 aliphatic rings. The summed E-state index contributed by atoms with van der Waals surface area (Å²) < 4.78 is 26.7. The molecule has 1 saturated heterocycles. The summed E-state index contributed by atoms with van der Waals surface area (Å²) in [6.07, 6.45) is 9.57. The summed E-state index contributed by atoms with van der Waals surface area (Å²) in [4.78, 5) is 16.0. The van der Waals surface area contributed by atoms with Crippen molar-refractivity contribution in [2.75, 3.05) is 27.2 Å². The van der Waals surface area contributed by atoms with Crippen LogP contribution >= 0.6 is 0 Å². The van der Waals surface area contributed by atoms with E-state index in [9.17, 15) is 18.3 Å². The predicted octanol–water partition coefficient (Wildman–Crippen LogP) is 2.46. The van der Waals surface area contributed by atoms with E-state index in [1.54, 1.807) is 37.2 Å². The van der Waals surface area contributed by atoms with Crippen LogP contribution < -0.4 is 0 Å². The van der Waals surface area contributed by atoms with Crippen LogP contribution in [0.4, 0.5) is 4.79 Å². The Balaban J connectivity index is 1.91. The van der Waals surface area contributed by atoms with Gasteiger partial charge < -0.3 is 14.9 Å². The molecule has 3 rings (SSSR count). The number of aliphatic hydroxyl groups is 1. The Bertz CT molecular complexity index is 876. The number of rotatable bonds is 4. The first kappa shape index (κ1) is 20.6. The maximum Gasteiger partial charge on any atom is 0.319 e. The van der Waals surface area contributed by atoms with Crippen molar-refractivity contribution in [2.24, 2.45) is 11.8 Å². The molecule has 1 heterocycles. The summed E-state index contributed by atoms with van der Waals surface area (Å²) in [5.74, 6) is 0.309. The number of benzene rings is 1. The maximum atomic E-state index is 13.4. The number of allylic oxidation sites excluding steroid dienone is 4. The van der Waals surface area contributed by atoms with Gasteiger partial charge in [0, 0.05) is 27.2 Å². The third kappa shape index (κ3) is 4.31. The molecule has 1 N–H and O–H groups in total. The lowest BCUT2D eigenvalue weighted by Gasteiger charge is -2.41. The van der Waals surface area contributed by atoms with Gasteiger partial charge in [-0.1, -0.05) is 36.4 Å². The van der Waals surface area contributed by atoms with Gasteiger partial charge in [-0.05, 0) is 42.4 Å². The zero-order chi connectivity index (χ0) is 20.3. The zero-order valence-corrected chi connectivity index (χ0v) is 17.2. The molecule has 1 aromatic carbocycles. The van der Waals surface area contributed by atoms with Crippen molar-refractivity contribution in [2.45, 2.75) is 29.6 Å². The summed E-state index contributed by atoms with van der Waals surface area (Å²) in [6.45, 7) is 0.537. The lowest BCUT2D eigenvalue weighted by Crippen LogP contribution is -2.52. The van der Waals surface area contributed by atoms with Crippen LogP contribution in [0.3, 0.4) is 0 Å². The molecule has 6 nitrogen and oxygen atoms in total. The predicted molar refractivity (Wildman–Crippen MR) is 108 cm³/mol. The van der Waals surface area contributed by atoms with Gasteiger partial charge in [-0.15, -0.1) is 0 Å². The number of sulfone groups is 1. The Morgan fingerprint density at radius 2 is 2.04 bits per heavy atom. The van der Waals surface area contributed by atoms with E-state index in [0.717, 1.165) is 6.42 Å². The van der Waals surface area contributed by atoms with Crippen molar-refractivity contribution in [1.82, 2.24) is 9.80 Å². The van der Waals surface area contributed by atoms with Crippen molar-refractivity contribution >= 4 is 15.9 Å². The van der Waals surface area contributed by atoms with Crippen LogP contribution in [-0.4, -0.2) is 61.8 Å².